The monoisotopic (exact) mass is 158 g/mol. The first-order valence-corrected chi connectivity index (χ1v) is 3.24. The molecule has 0 radical (unpaired) electrons. The lowest BCUT2D eigenvalue weighted by Gasteiger charge is -1.97. The van der Waals surface area contributed by atoms with Gasteiger partial charge in [0.15, 0.2) is 0 Å². The lowest BCUT2D eigenvalue weighted by atomic mass is 10.3. The van der Waals surface area contributed by atoms with Gasteiger partial charge in [-0.2, -0.15) is 0 Å². The number of pyridine rings is 1. The van der Waals surface area contributed by atoms with Crippen molar-refractivity contribution in [3.8, 4) is 5.88 Å². The minimum atomic E-state index is -0.742. The van der Waals surface area contributed by atoms with Gasteiger partial charge in [0.1, 0.15) is 0 Å². The summed E-state index contributed by atoms with van der Waals surface area (Å²) in [6.07, 6.45) is 1.53. The number of hydrogen-bond donors (Lipinski definition) is 0. The number of nitrogens with zero attached hydrogens (tertiary/aromatic N) is 1. The first-order valence-electron chi connectivity index (χ1n) is 3.38. The topological polar surface area (TPSA) is 22.1 Å². The van der Waals surface area contributed by atoms with E-state index in [1.807, 2.05) is 0 Å². The minimum absolute atomic E-state index is 0.533. The molecular formula is C7H8ClNO. The van der Waals surface area contributed by atoms with E-state index in [2.05, 4.69) is 4.98 Å². The highest BCUT2D eigenvalue weighted by Gasteiger charge is 1.91. The van der Waals surface area contributed by atoms with Gasteiger partial charge in [0.25, 0.3) is 0 Å². The van der Waals surface area contributed by atoms with Crippen LogP contribution in [0.25, 0.3) is 0 Å². The summed E-state index contributed by atoms with van der Waals surface area (Å²) in [5.41, 5.74) is 0.674. The second kappa shape index (κ2) is 3.42. The quantitative estimate of drug-likeness (QED) is 0.613. The third-order valence-electron chi connectivity index (χ3n) is 1.09. The summed E-state index contributed by atoms with van der Waals surface area (Å²) in [7, 11) is 1.54. The molecule has 0 fully saturated rings. The third kappa shape index (κ3) is 1.61. The van der Waals surface area contributed by atoms with Crippen LogP contribution in [0, 0.1) is 0 Å². The van der Waals surface area contributed by atoms with E-state index in [0.717, 1.165) is 0 Å². The van der Waals surface area contributed by atoms with Gasteiger partial charge in [0.05, 0.1) is 7.11 Å². The van der Waals surface area contributed by atoms with Crippen molar-refractivity contribution in [2.24, 2.45) is 0 Å². The van der Waals surface area contributed by atoms with Crippen molar-refractivity contribution >= 4 is 11.6 Å². The Hall–Kier alpha value is -0.760. The van der Waals surface area contributed by atoms with E-state index in [1.165, 1.54) is 6.20 Å². The molecule has 1 rings (SSSR count). The van der Waals surface area contributed by atoms with Crippen LogP contribution >= 0.6 is 11.6 Å². The number of halogens is 1. The largest absolute Gasteiger partial charge is 0.481 e. The van der Waals surface area contributed by atoms with Gasteiger partial charge in [0.2, 0.25) is 5.88 Å². The molecule has 2 nitrogen and oxygen atoms in total. The zero-order valence-electron chi connectivity index (χ0n) is 6.54. The fourth-order valence-corrected chi connectivity index (χ4v) is 0.706. The molecule has 1 aromatic heterocycles. The van der Waals surface area contributed by atoms with Crippen molar-refractivity contribution in [2.45, 2.75) is 5.86 Å². The molecule has 0 amide bonds. The van der Waals surface area contributed by atoms with Gasteiger partial charge in [-0.15, -0.1) is 11.6 Å². The number of aromatic nitrogens is 1. The van der Waals surface area contributed by atoms with E-state index in [-0.39, 0.29) is 0 Å². The molecule has 0 aliphatic heterocycles. The van der Waals surface area contributed by atoms with Crippen LogP contribution in [0.3, 0.4) is 0 Å². The maximum Gasteiger partial charge on any atom is 0.212 e. The Morgan fingerprint density at radius 1 is 1.80 bits per heavy atom. The molecule has 0 aliphatic carbocycles. The predicted molar refractivity (Wildman–Crippen MR) is 40.3 cm³/mol. The van der Waals surface area contributed by atoms with Crippen LogP contribution in [0.15, 0.2) is 18.3 Å². The van der Waals surface area contributed by atoms with Crippen LogP contribution in [0.5, 0.6) is 5.88 Å². The zero-order valence-corrected chi connectivity index (χ0v) is 6.30. The number of ether oxygens (including phenoxy) is 1. The van der Waals surface area contributed by atoms with Gasteiger partial charge in [-0.05, 0) is 5.56 Å². The summed E-state index contributed by atoms with van der Waals surface area (Å²) >= 11 is 5.48. The summed E-state index contributed by atoms with van der Waals surface area (Å²) in [6, 6.07) is 3.40. The second-order valence-corrected chi connectivity index (χ2v) is 1.96. The van der Waals surface area contributed by atoms with Crippen LogP contribution in [0.2, 0.25) is 0 Å². The molecule has 0 aliphatic rings. The highest BCUT2D eigenvalue weighted by molar-refractivity contribution is 6.17. The van der Waals surface area contributed by atoms with Crippen LogP contribution < -0.4 is 4.74 Å². The number of alkyl halides is 1. The van der Waals surface area contributed by atoms with Crippen molar-refractivity contribution in [3.05, 3.63) is 23.9 Å². The van der Waals surface area contributed by atoms with E-state index >= 15 is 0 Å². The Morgan fingerprint density at radius 3 is 3.00 bits per heavy atom. The second-order valence-electron chi connectivity index (χ2n) is 1.74. The Bertz CT molecular complexity index is 224. The van der Waals surface area contributed by atoms with E-state index in [4.69, 9.17) is 17.7 Å². The summed E-state index contributed by atoms with van der Waals surface area (Å²) in [6.45, 7) is 0. The van der Waals surface area contributed by atoms with E-state index < -0.39 is 5.86 Å². The lowest BCUT2D eigenvalue weighted by Crippen LogP contribution is -1.87. The molecule has 0 saturated carbocycles. The summed E-state index contributed by atoms with van der Waals surface area (Å²) in [5, 5.41) is 0. The molecule has 0 aromatic carbocycles. The highest BCUT2D eigenvalue weighted by Crippen LogP contribution is 2.07. The molecule has 54 valence electrons. The molecule has 0 saturated heterocycles. The SMILES string of the molecule is [2H]C(Cl)c1ccc(OC)nc1. The Balaban J connectivity index is 2.83. The van der Waals surface area contributed by atoms with Gasteiger partial charge >= 0.3 is 0 Å². The molecule has 0 N–H and O–H groups in total. The molecule has 3 heteroatoms. The van der Waals surface area contributed by atoms with Gasteiger partial charge in [-0.25, -0.2) is 4.98 Å². The van der Waals surface area contributed by atoms with Crippen molar-refractivity contribution in [2.75, 3.05) is 7.11 Å². The smallest absolute Gasteiger partial charge is 0.212 e. The zero-order chi connectivity index (χ0) is 8.27. The maximum atomic E-state index is 7.13. The average Bonchev–Trinajstić information content (AvgIpc) is 2.05. The van der Waals surface area contributed by atoms with Crippen molar-refractivity contribution in [1.29, 1.82) is 0 Å². The first kappa shape index (κ1) is 5.98. The number of rotatable bonds is 2. The summed E-state index contributed by atoms with van der Waals surface area (Å²) in [4.78, 5) is 3.89. The van der Waals surface area contributed by atoms with Crippen LogP contribution in [-0.2, 0) is 5.86 Å². The molecule has 1 atom stereocenters. The van der Waals surface area contributed by atoms with Gasteiger partial charge < -0.3 is 4.74 Å². The number of hydrogen-bond acceptors (Lipinski definition) is 2. The molecule has 0 spiro atoms. The van der Waals surface area contributed by atoms with Crippen molar-refractivity contribution < 1.29 is 6.11 Å². The van der Waals surface area contributed by atoms with Crippen LogP contribution in [0.1, 0.15) is 6.93 Å². The fraction of sp³-hybridized carbons (Fsp3) is 0.286. The third-order valence-corrected chi connectivity index (χ3v) is 1.35. The molecular weight excluding hydrogens is 150 g/mol. The van der Waals surface area contributed by atoms with Crippen LogP contribution in [-0.4, -0.2) is 12.1 Å². The van der Waals surface area contributed by atoms with Crippen LogP contribution in [0.4, 0.5) is 0 Å². The Kier molecular flexibility index (Phi) is 2.05. The molecule has 1 heterocycles. The van der Waals surface area contributed by atoms with Gasteiger partial charge in [-0.3, -0.25) is 0 Å². The maximum absolute atomic E-state index is 7.13. The lowest BCUT2D eigenvalue weighted by molar-refractivity contribution is 0.397. The van der Waals surface area contributed by atoms with Crippen molar-refractivity contribution in [1.82, 2.24) is 4.98 Å². The molecule has 1 aromatic rings. The van der Waals surface area contributed by atoms with E-state index in [1.54, 1.807) is 19.2 Å². The number of methoxy groups -OCH3 is 1. The summed E-state index contributed by atoms with van der Waals surface area (Å²) < 4.78 is 12.0. The standard InChI is InChI=1S/C7H8ClNO/c1-10-7-3-2-6(4-8)5-9-7/h2-3,5H,4H2,1H3/i4D. The van der Waals surface area contributed by atoms with E-state index in [0.29, 0.717) is 11.4 Å². The van der Waals surface area contributed by atoms with Gasteiger partial charge in [-0.1, -0.05) is 6.07 Å². The fourth-order valence-electron chi connectivity index (χ4n) is 0.577. The minimum Gasteiger partial charge on any atom is -0.481 e. The Morgan fingerprint density at radius 2 is 2.60 bits per heavy atom. The molecule has 1 unspecified atom stereocenters. The average molecular weight is 159 g/mol. The van der Waals surface area contributed by atoms with E-state index in [9.17, 15) is 0 Å². The van der Waals surface area contributed by atoms with Gasteiger partial charge in [0, 0.05) is 19.5 Å². The Labute approximate surface area is 66.2 Å². The molecule has 10 heavy (non-hydrogen) atoms. The first-order chi connectivity index (χ1) is 5.24. The normalized spacial score (nSPS) is 14.0. The molecule has 0 bridgehead atoms. The van der Waals surface area contributed by atoms with Crippen molar-refractivity contribution in [3.63, 3.8) is 0 Å². The highest BCUT2D eigenvalue weighted by atomic mass is 35.5. The predicted octanol–water partition coefficient (Wildman–Crippen LogP) is 1.83. The summed E-state index contributed by atoms with van der Waals surface area (Å²) in [5.74, 6) is -0.209.